The average Bonchev–Trinajstić information content (AvgIpc) is 3.16. The van der Waals surface area contributed by atoms with Crippen molar-refractivity contribution in [3.63, 3.8) is 0 Å². The van der Waals surface area contributed by atoms with Gasteiger partial charge >= 0.3 is 6.03 Å². The zero-order valence-electron chi connectivity index (χ0n) is 20.6. The Morgan fingerprint density at radius 3 is 2.18 bits per heavy atom. The van der Waals surface area contributed by atoms with Gasteiger partial charge in [-0.05, 0) is 46.8 Å². The Labute approximate surface area is 201 Å². The van der Waals surface area contributed by atoms with Gasteiger partial charge in [-0.3, -0.25) is 14.7 Å². The molecule has 0 aliphatic heterocycles. The van der Waals surface area contributed by atoms with Crippen LogP contribution in [-0.4, -0.2) is 45.0 Å². The maximum Gasteiger partial charge on any atom is 0.318 e. The fraction of sp³-hybridized carbons (Fsp3) is 0.296. The molecule has 0 spiro atoms. The van der Waals surface area contributed by atoms with Crippen molar-refractivity contribution in [3.8, 4) is 16.9 Å². The van der Waals surface area contributed by atoms with Gasteiger partial charge in [0.2, 0.25) is 11.9 Å². The molecule has 0 radical (unpaired) electrons. The molecule has 0 unspecified atom stereocenters. The molecule has 0 aliphatic carbocycles. The number of imidazole rings is 1. The normalized spacial score (nSPS) is 11.1. The van der Waals surface area contributed by atoms with Gasteiger partial charge in [-0.15, -0.1) is 6.58 Å². The summed E-state index contributed by atoms with van der Waals surface area (Å²) in [5, 5.41) is 5.77. The van der Waals surface area contributed by atoms with Crippen LogP contribution in [0, 0.1) is 13.8 Å². The molecule has 178 valence electrons. The summed E-state index contributed by atoms with van der Waals surface area (Å²) in [6.07, 6.45) is 3.50. The van der Waals surface area contributed by atoms with Crippen LogP contribution in [0.1, 0.15) is 31.9 Å². The van der Waals surface area contributed by atoms with E-state index in [1.54, 1.807) is 6.08 Å². The number of hydrogen-bond donors (Lipinski definition) is 2. The molecule has 3 aromatic rings. The molecule has 3 rings (SSSR count). The molecule has 34 heavy (non-hydrogen) atoms. The zero-order valence-corrected chi connectivity index (χ0v) is 20.6. The van der Waals surface area contributed by atoms with Gasteiger partial charge in [0.05, 0.1) is 5.69 Å². The summed E-state index contributed by atoms with van der Waals surface area (Å²) in [6, 6.07) is 15.7. The molecular formula is C27H33N5O2. The highest BCUT2D eigenvalue weighted by atomic mass is 16.2. The molecule has 0 bridgehead atoms. The zero-order chi connectivity index (χ0) is 24.9. The van der Waals surface area contributed by atoms with Crippen molar-refractivity contribution in [3.05, 3.63) is 78.5 Å². The lowest BCUT2D eigenvalue weighted by Crippen LogP contribution is -2.50. The van der Waals surface area contributed by atoms with Gasteiger partial charge in [0.15, 0.2) is 0 Å². The number of amides is 3. The molecule has 0 atom stereocenters. The Morgan fingerprint density at radius 1 is 1.03 bits per heavy atom. The second kappa shape index (κ2) is 10.4. The highest BCUT2D eigenvalue weighted by Gasteiger charge is 2.22. The first kappa shape index (κ1) is 24.8. The largest absolute Gasteiger partial charge is 0.333 e. The highest BCUT2D eigenvalue weighted by Crippen LogP contribution is 2.25. The van der Waals surface area contributed by atoms with Crippen molar-refractivity contribution in [1.82, 2.24) is 19.8 Å². The van der Waals surface area contributed by atoms with Crippen molar-refractivity contribution in [2.75, 3.05) is 18.4 Å². The molecule has 0 aliphatic rings. The molecule has 3 amide bonds. The molecule has 2 N–H and O–H groups in total. The van der Waals surface area contributed by atoms with Crippen molar-refractivity contribution in [1.29, 1.82) is 0 Å². The number of anilines is 1. The topological polar surface area (TPSA) is 79.3 Å². The number of nitrogens with zero attached hydrogens (tertiary/aromatic N) is 3. The number of aromatic nitrogens is 2. The van der Waals surface area contributed by atoms with E-state index in [-0.39, 0.29) is 25.0 Å². The third-order valence-corrected chi connectivity index (χ3v) is 5.07. The second-order valence-electron chi connectivity index (χ2n) is 9.42. The van der Waals surface area contributed by atoms with Gasteiger partial charge in [0.1, 0.15) is 6.54 Å². The van der Waals surface area contributed by atoms with Crippen LogP contribution in [0.5, 0.6) is 0 Å². The van der Waals surface area contributed by atoms with Gasteiger partial charge in [0.25, 0.3) is 0 Å². The Bertz CT molecular complexity index is 1160. The van der Waals surface area contributed by atoms with Crippen LogP contribution in [0.3, 0.4) is 0 Å². The summed E-state index contributed by atoms with van der Waals surface area (Å²) in [7, 11) is 0. The molecule has 0 saturated heterocycles. The molecule has 0 fully saturated rings. The Balaban J connectivity index is 1.88. The summed E-state index contributed by atoms with van der Waals surface area (Å²) in [5.41, 5.74) is 4.44. The SMILES string of the molecule is C=CCN(CC(=O)Nc1nc(-c2ccc(C)cc2)cn1-c1ccc(C)cc1)C(=O)NC(C)(C)C. The van der Waals surface area contributed by atoms with Crippen LogP contribution in [0.25, 0.3) is 16.9 Å². The van der Waals surface area contributed by atoms with Crippen LogP contribution >= 0.6 is 0 Å². The van der Waals surface area contributed by atoms with E-state index in [1.165, 1.54) is 4.90 Å². The number of hydrogen-bond acceptors (Lipinski definition) is 3. The predicted molar refractivity (Wildman–Crippen MR) is 137 cm³/mol. The predicted octanol–water partition coefficient (Wildman–Crippen LogP) is 5.09. The minimum Gasteiger partial charge on any atom is -0.333 e. The van der Waals surface area contributed by atoms with Crippen LogP contribution in [-0.2, 0) is 4.79 Å². The monoisotopic (exact) mass is 459 g/mol. The maximum atomic E-state index is 13.0. The maximum absolute atomic E-state index is 13.0. The Morgan fingerprint density at radius 2 is 1.62 bits per heavy atom. The van der Waals surface area contributed by atoms with E-state index in [9.17, 15) is 9.59 Å². The number of urea groups is 1. The summed E-state index contributed by atoms with van der Waals surface area (Å²) in [5.74, 6) is 0.0412. The van der Waals surface area contributed by atoms with Crippen LogP contribution in [0.15, 0.2) is 67.4 Å². The van der Waals surface area contributed by atoms with Gasteiger partial charge < -0.3 is 10.2 Å². The van der Waals surface area contributed by atoms with E-state index >= 15 is 0 Å². The fourth-order valence-corrected chi connectivity index (χ4v) is 3.35. The Hall–Kier alpha value is -3.87. The van der Waals surface area contributed by atoms with Crippen molar-refractivity contribution < 1.29 is 9.59 Å². The van der Waals surface area contributed by atoms with Crippen molar-refractivity contribution >= 4 is 17.9 Å². The van der Waals surface area contributed by atoms with Gasteiger partial charge in [-0.2, -0.15) is 0 Å². The fourth-order valence-electron chi connectivity index (χ4n) is 3.35. The van der Waals surface area contributed by atoms with E-state index in [0.29, 0.717) is 5.95 Å². The van der Waals surface area contributed by atoms with Crippen molar-refractivity contribution in [2.24, 2.45) is 0 Å². The van der Waals surface area contributed by atoms with E-state index in [4.69, 9.17) is 4.98 Å². The van der Waals surface area contributed by atoms with E-state index in [2.05, 4.69) is 17.2 Å². The van der Waals surface area contributed by atoms with Crippen molar-refractivity contribution in [2.45, 2.75) is 40.2 Å². The van der Waals surface area contributed by atoms with Gasteiger partial charge in [-0.25, -0.2) is 9.78 Å². The summed E-state index contributed by atoms with van der Waals surface area (Å²) < 4.78 is 1.85. The number of carbonyl (C=O) groups excluding carboxylic acids is 2. The molecule has 1 aromatic heterocycles. The summed E-state index contributed by atoms with van der Waals surface area (Å²) >= 11 is 0. The first-order valence-corrected chi connectivity index (χ1v) is 11.3. The number of rotatable bonds is 7. The molecule has 0 saturated carbocycles. The standard InChI is InChI=1S/C27H33N5O2/c1-7-16-31(26(34)30-27(4,5)6)18-24(33)29-25-28-23(21-12-8-19(2)9-13-21)17-32(25)22-14-10-20(3)11-15-22/h7-15,17H,1,16,18H2,2-6H3,(H,30,34)(H,28,29,33). The lowest BCUT2D eigenvalue weighted by Gasteiger charge is -2.27. The van der Waals surface area contributed by atoms with E-state index in [1.807, 2.05) is 93.9 Å². The minimum atomic E-state index is -0.419. The number of nitrogens with one attached hydrogen (secondary N) is 2. The molecule has 7 nitrogen and oxygen atoms in total. The van der Waals surface area contributed by atoms with Crippen LogP contribution in [0.4, 0.5) is 10.7 Å². The second-order valence-corrected chi connectivity index (χ2v) is 9.42. The first-order chi connectivity index (χ1) is 16.1. The first-order valence-electron chi connectivity index (χ1n) is 11.3. The molecule has 7 heteroatoms. The highest BCUT2D eigenvalue weighted by molar-refractivity contribution is 5.93. The summed E-state index contributed by atoms with van der Waals surface area (Å²) in [4.78, 5) is 31.7. The lowest BCUT2D eigenvalue weighted by molar-refractivity contribution is -0.116. The number of carbonyl (C=O) groups is 2. The minimum absolute atomic E-state index is 0.130. The third-order valence-electron chi connectivity index (χ3n) is 5.07. The quantitative estimate of drug-likeness (QED) is 0.483. The molecule has 1 heterocycles. The van der Waals surface area contributed by atoms with E-state index < -0.39 is 5.54 Å². The van der Waals surface area contributed by atoms with Crippen LogP contribution < -0.4 is 10.6 Å². The number of benzene rings is 2. The third kappa shape index (κ3) is 6.57. The summed E-state index contributed by atoms with van der Waals surface area (Å²) in [6.45, 7) is 13.5. The smallest absolute Gasteiger partial charge is 0.318 e. The number of aryl methyl sites for hydroxylation is 2. The molecule has 2 aromatic carbocycles. The average molecular weight is 460 g/mol. The molecular weight excluding hydrogens is 426 g/mol. The Kier molecular flexibility index (Phi) is 7.56. The van der Waals surface area contributed by atoms with Gasteiger partial charge in [0, 0.05) is 29.5 Å². The lowest BCUT2D eigenvalue weighted by atomic mass is 10.1. The van der Waals surface area contributed by atoms with E-state index in [0.717, 1.165) is 28.1 Å². The van der Waals surface area contributed by atoms with Crippen LogP contribution in [0.2, 0.25) is 0 Å². The van der Waals surface area contributed by atoms with Gasteiger partial charge in [-0.1, -0.05) is 53.6 Å².